The van der Waals surface area contributed by atoms with E-state index in [1.165, 1.54) is 0 Å². The van der Waals surface area contributed by atoms with E-state index in [0.717, 1.165) is 12.0 Å². The monoisotopic (exact) mass is 460 g/mol. The third kappa shape index (κ3) is 6.71. The summed E-state index contributed by atoms with van der Waals surface area (Å²) in [4.78, 5) is 25.0. The minimum atomic E-state index is -0.973. The number of hydrogen-bond acceptors (Lipinski definition) is 7. The van der Waals surface area contributed by atoms with Crippen LogP contribution in [0.3, 0.4) is 0 Å². The standard InChI is InChI=1S/C24H32N2O7/c1-15(2)9-11-26(4)24(29)31-14-20-16(3)25-33-22(20)17-5-7-18(8-6-17)32-19-10-12-30-21(13-19)23(27)28/h5-8,15,19,21H,9-14H2,1-4H3,(H,27,28)/t19-,21-/m0/s1. The quantitative estimate of drug-likeness (QED) is 0.590. The van der Waals surface area contributed by atoms with Gasteiger partial charge >= 0.3 is 12.1 Å². The lowest BCUT2D eigenvalue weighted by Crippen LogP contribution is -2.37. The highest BCUT2D eigenvalue weighted by Gasteiger charge is 2.29. The molecule has 180 valence electrons. The van der Waals surface area contributed by atoms with Crippen molar-refractivity contribution in [3.8, 4) is 17.1 Å². The molecule has 1 N–H and O–H groups in total. The Morgan fingerprint density at radius 2 is 2.00 bits per heavy atom. The fraction of sp³-hybridized carbons (Fsp3) is 0.542. The molecule has 0 saturated carbocycles. The molecule has 2 aromatic rings. The van der Waals surface area contributed by atoms with Crippen molar-refractivity contribution in [3.63, 3.8) is 0 Å². The van der Waals surface area contributed by atoms with Crippen molar-refractivity contribution in [2.24, 2.45) is 5.92 Å². The Morgan fingerprint density at radius 3 is 2.67 bits per heavy atom. The second kappa shape index (κ2) is 11.2. The molecular weight excluding hydrogens is 428 g/mol. The molecular formula is C24H32N2O7. The van der Waals surface area contributed by atoms with E-state index >= 15 is 0 Å². The molecule has 1 aromatic carbocycles. The van der Waals surface area contributed by atoms with E-state index in [2.05, 4.69) is 19.0 Å². The summed E-state index contributed by atoms with van der Waals surface area (Å²) in [5.41, 5.74) is 2.14. The Bertz CT molecular complexity index is 939. The maximum absolute atomic E-state index is 12.3. The molecule has 0 aliphatic carbocycles. The van der Waals surface area contributed by atoms with E-state index in [4.69, 9.17) is 23.8 Å². The van der Waals surface area contributed by atoms with E-state index in [-0.39, 0.29) is 18.8 Å². The SMILES string of the molecule is Cc1noc(-c2ccc(O[C@H]3CCO[C@H](C(=O)O)C3)cc2)c1COC(=O)N(C)CCC(C)C. The molecule has 0 unspecified atom stereocenters. The minimum Gasteiger partial charge on any atom is -0.490 e. The average molecular weight is 461 g/mol. The highest BCUT2D eigenvalue weighted by atomic mass is 16.6. The van der Waals surface area contributed by atoms with Crippen molar-refractivity contribution in [1.82, 2.24) is 10.1 Å². The van der Waals surface area contributed by atoms with Crippen molar-refractivity contribution in [2.45, 2.75) is 58.8 Å². The normalized spacial score (nSPS) is 18.2. The summed E-state index contributed by atoms with van der Waals surface area (Å²) >= 11 is 0. The van der Waals surface area contributed by atoms with Crippen LogP contribution in [0.2, 0.25) is 0 Å². The zero-order valence-electron chi connectivity index (χ0n) is 19.6. The molecule has 2 heterocycles. The van der Waals surface area contributed by atoms with Crippen molar-refractivity contribution in [3.05, 3.63) is 35.5 Å². The van der Waals surface area contributed by atoms with Crippen molar-refractivity contribution in [2.75, 3.05) is 20.2 Å². The van der Waals surface area contributed by atoms with Gasteiger partial charge in [0.1, 0.15) is 18.5 Å². The Kier molecular flexibility index (Phi) is 8.32. The topological polar surface area (TPSA) is 111 Å². The van der Waals surface area contributed by atoms with Crippen LogP contribution in [0.5, 0.6) is 5.75 Å². The minimum absolute atomic E-state index is 0.0619. The van der Waals surface area contributed by atoms with Crippen LogP contribution in [-0.4, -0.2) is 59.6 Å². The molecule has 9 nitrogen and oxygen atoms in total. The van der Waals surface area contributed by atoms with Crippen LogP contribution >= 0.6 is 0 Å². The highest BCUT2D eigenvalue weighted by Crippen LogP contribution is 2.29. The van der Waals surface area contributed by atoms with Gasteiger partial charge in [-0.05, 0) is 43.5 Å². The van der Waals surface area contributed by atoms with Gasteiger partial charge in [0.15, 0.2) is 11.9 Å². The van der Waals surface area contributed by atoms with E-state index in [0.29, 0.717) is 54.7 Å². The molecule has 1 aromatic heterocycles. The smallest absolute Gasteiger partial charge is 0.409 e. The Hall–Kier alpha value is -3.07. The lowest BCUT2D eigenvalue weighted by atomic mass is 10.1. The van der Waals surface area contributed by atoms with E-state index in [1.54, 1.807) is 31.0 Å². The predicted octanol–water partition coefficient (Wildman–Crippen LogP) is 4.28. The van der Waals surface area contributed by atoms with Gasteiger partial charge in [-0.3, -0.25) is 0 Å². The first kappa shape index (κ1) is 24.6. The molecule has 1 fully saturated rings. The number of nitrogens with zero attached hydrogens (tertiary/aromatic N) is 2. The molecule has 2 atom stereocenters. The van der Waals surface area contributed by atoms with Crippen LogP contribution in [0.4, 0.5) is 4.79 Å². The number of amides is 1. The van der Waals surface area contributed by atoms with Gasteiger partial charge in [0.2, 0.25) is 0 Å². The van der Waals surface area contributed by atoms with Crippen LogP contribution in [-0.2, 0) is 20.9 Å². The first-order chi connectivity index (χ1) is 15.7. The molecule has 1 aliphatic rings. The van der Waals surface area contributed by atoms with Crippen LogP contribution in [0, 0.1) is 12.8 Å². The molecule has 1 amide bonds. The van der Waals surface area contributed by atoms with Crippen LogP contribution in [0.15, 0.2) is 28.8 Å². The number of ether oxygens (including phenoxy) is 3. The summed E-state index contributed by atoms with van der Waals surface area (Å²) in [5, 5.41) is 13.2. The number of hydrogen-bond donors (Lipinski definition) is 1. The van der Waals surface area contributed by atoms with Crippen molar-refractivity contribution < 1.29 is 33.4 Å². The molecule has 33 heavy (non-hydrogen) atoms. The third-order valence-corrected chi connectivity index (χ3v) is 5.61. The summed E-state index contributed by atoms with van der Waals surface area (Å²) in [6.07, 6.45) is 0.397. The summed E-state index contributed by atoms with van der Waals surface area (Å²) in [7, 11) is 1.72. The molecule has 0 spiro atoms. The zero-order valence-corrected chi connectivity index (χ0v) is 19.6. The Balaban J connectivity index is 1.61. The Labute approximate surface area is 193 Å². The molecule has 9 heteroatoms. The average Bonchev–Trinajstić information content (AvgIpc) is 3.16. The van der Waals surface area contributed by atoms with Crippen molar-refractivity contribution >= 4 is 12.1 Å². The van der Waals surface area contributed by atoms with Gasteiger partial charge in [0.05, 0.1) is 17.9 Å². The summed E-state index contributed by atoms with van der Waals surface area (Å²) in [6.45, 7) is 7.07. The molecule has 3 rings (SSSR count). The summed E-state index contributed by atoms with van der Waals surface area (Å²) in [6, 6.07) is 7.27. The number of carboxylic acids is 1. The number of benzene rings is 1. The maximum atomic E-state index is 12.3. The number of aliphatic carboxylic acids is 1. The number of carbonyl (C=O) groups is 2. The van der Waals surface area contributed by atoms with Gasteiger partial charge in [-0.25, -0.2) is 9.59 Å². The van der Waals surface area contributed by atoms with E-state index in [9.17, 15) is 9.59 Å². The number of aromatic nitrogens is 1. The fourth-order valence-corrected chi connectivity index (χ4v) is 3.50. The van der Waals surface area contributed by atoms with Gasteiger partial charge in [-0.1, -0.05) is 19.0 Å². The van der Waals surface area contributed by atoms with Gasteiger partial charge in [-0.15, -0.1) is 0 Å². The molecule has 1 saturated heterocycles. The van der Waals surface area contributed by atoms with Gasteiger partial charge in [0, 0.05) is 32.0 Å². The van der Waals surface area contributed by atoms with Crippen molar-refractivity contribution in [1.29, 1.82) is 0 Å². The highest BCUT2D eigenvalue weighted by molar-refractivity contribution is 5.72. The second-order valence-corrected chi connectivity index (χ2v) is 8.72. The maximum Gasteiger partial charge on any atom is 0.409 e. The number of aryl methyl sites for hydroxylation is 1. The lowest BCUT2D eigenvalue weighted by molar-refractivity contribution is -0.156. The van der Waals surface area contributed by atoms with Gasteiger partial charge in [0.25, 0.3) is 0 Å². The van der Waals surface area contributed by atoms with E-state index in [1.807, 2.05) is 12.1 Å². The lowest BCUT2D eigenvalue weighted by Gasteiger charge is -2.27. The summed E-state index contributed by atoms with van der Waals surface area (Å²) < 4.78 is 22.2. The number of carboxylic acid groups (broad SMARTS) is 1. The molecule has 0 radical (unpaired) electrons. The molecule has 1 aliphatic heterocycles. The number of rotatable bonds is 9. The Morgan fingerprint density at radius 1 is 1.27 bits per heavy atom. The number of carbonyl (C=O) groups excluding carboxylic acids is 1. The van der Waals surface area contributed by atoms with Crippen LogP contribution < -0.4 is 4.74 Å². The molecule has 0 bridgehead atoms. The van der Waals surface area contributed by atoms with Gasteiger partial charge in [-0.2, -0.15) is 0 Å². The zero-order chi connectivity index (χ0) is 24.0. The largest absolute Gasteiger partial charge is 0.490 e. The van der Waals surface area contributed by atoms with E-state index < -0.39 is 12.1 Å². The second-order valence-electron chi connectivity index (χ2n) is 8.72. The fourth-order valence-electron chi connectivity index (χ4n) is 3.50. The first-order valence-electron chi connectivity index (χ1n) is 11.2. The van der Waals surface area contributed by atoms with Gasteiger partial charge < -0.3 is 28.7 Å². The summed E-state index contributed by atoms with van der Waals surface area (Å²) in [5.74, 6) is 0.697. The van der Waals surface area contributed by atoms with Crippen LogP contribution in [0.1, 0.15) is 44.4 Å². The van der Waals surface area contributed by atoms with Crippen LogP contribution in [0.25, 0.3) is 11.3 Å². The first-order valence-corrected chi connectivity index (χ1v) is 11.2. The third-order valence-electron chi connectivity index (χ3n) is 5.61. The predicted molar refractivity (Wildman–Crippen MR) is 120 cm³/mol.